The maximum absolute atomic E-state index is 13.6. The van der Waals surface area contributed by atoms with E-state index in [1.807, 2.05) is 6.92 Å². The normalized spacial score (nSPS) is 13.0. The number of esters is 1. The van der Waals surface area contributed by atoms with Crippen LogP contribution >= 0.6 is 0 Å². The van der Waals surface area contributed by atoms with Crippen molar-refractivity contribution in [2.45, 2.75) is 43.7 Å². The van der Waals surface area contributed by atoms with Crippen LogP contribution in [0.15, 0.2) is 125 Å². The molecule has 1 amide bonds. The number of ether oxygens (including phenoxy) is 2. The summed E-state index contributed by atoms with van der Waals surface area (Å²) in [5.74, 6) is -0.703. The van der Waals surface area contributed by atoms with Crippen LogP contribution in [0.25, 0.3) is 16.9 Å². The number of halogens is 3. The molecule has 14 nitrogen and oxygen atoms in total. The predicted octanol–water partition coefficient (Wildman–Crippen LogP) is 6.84. The minimum Gasteiger partial charge on any atom is -0.569 e. The van der Waals surface area contributed by atoms with E-state index in [1.54, 1.807) is 77.5 Å². The second kappa shape index (κ2) is 17.1. The van der Waals surface area contributed by atoms with Gasteiger partial charge in [0.15, 0.2) is 5.69 Å². The zero-order chi connectivity index (χ0) is 39.8. The van der Waals surface area contributed by atoms with E-state index in [0.29, 0.717) is 5.56 Å². The fourth-order valence-corrected chi connectivity index (χ4v) is 5.98. The number of nitrogens with zero attached hydrogens (tertiary/aromatic N) is 5. The molecule has 0 bridgehead atoms. The summed E-state index contributed by atoms with van der Waals surface area (Å²) in [4.78, 5) is 29.8. The highest BCUT2D eigenvalue weighted by Gasteiger charge is 2.35. The van der Waals surface area contributed by atoms with E-state index in [4.69, 9.17) is 14.3 Å². The topological polar surface area (TPSA) is 167 Å². The van der Waals surface area contributed by atoms with Crippen molar-refractivity contribution in [1.29, 1.82) is 0 Å². The van der Waals surface area contributed by atoms with Gasteiger partial charge >= 0.3 is 18.2 Å². The van der Waals surface area contributed by atoms with Crippen LogP contribution in [0.5, 0.6) is 0 Å². The number of hydrogen-bond donors (Lipinski definition) is 1. The van der Waals surface area contributed by atoms with Crippen LogP contribution < -0.4 is 4.72 Å². The number of rotatable bonds is 14. The average Bonchev–Trinajstić information content (AvgIpc) is 3.63. The number of carbonyl (C=O) groups excluding carboxylic acids is 2. The van der Waals surface area contributed by atoms with E-state index in [1.165, 1.54) is 38.2 Å². The van der Waals surface area contributed by atoms with Gasteiger partial charge in [-0.2, -0.15) is 18.3 Å². The summed E-state index contributed by atoms with van der Waals surface area (Å²) in [6.07, 6.45) is -7.22. The van der Waals surface area contributed by atoms with Crippen molar-refractivity contribution in [1.82, 2.24) is 19.5 Å². The molecule has 1 heterocycles. The number of likely N-dealkylation sites (N-methyl/N-ethyl adjacent to an activating group) is 1. The molecule has 0 saturated carbocycles. The first-order valence-electron chi connectivity index (χ1n) is 16.5. The molecular formula is C37H35F3N6O8S. The molecule has 0 aliphatic rings. The van der Waals surface area contributed by atoms with Gasteiger partial charge in [0.25, 0.3) is 16.3 Å². The number of alkyl halides is 3. The maximum Gasteiger partial charge on any atom is 0.435 e. The van der Waals surface area contributed by atoms with Crippen molar-refractivity contribution < 1.29 is 50.5 Å². The summed E-state index contributed by atoms with van der Waals surface area (Å²) in [6.45, 7) is 2.68. The van der Waals surface area contributed by atoms with Gasteiger partial charge in [0, 0.05) is 18.9 Å². The van der Waals surface area contributed by atoms with Crippen LogP contribution in [0.3, 0.4) is 0 Å². The monoisotopic (exact) mass is 780 g/mol. The zero-order valence-corrected chi connectivity index (χ0v) is 30.4. The van der Waals surface area contributed by atoms with E-state index >= 15 is 0 Å². The number of benzene rings is 4. The lowest BCUT2D eigenvalue weighted by Crippen LogP contribution is -2.43. The molecule has 1 unspecified atom stereocenters. The highest BCUT2D eigenvalue weighted by atomic mass is 32.2. The lowest BCUT2D eigenvalue weighted by molar-refractivity contribution is -0.715. The fraction of sp³-hybridized carbons (Fsp3) is 0.216. The van der Waals surface area contributed by atoms with Crippen molar-refractivity contribution in [3.63, 3.8) is 0 Å². The van der Waals surface area contributed by atoms with E-state index in [2.05, 4.69) is 10.4 Å². The zero-order valence-electron chi connectivity index (χ0n) is 29.6. The molecule has 1 aromatic heterocycles. The molecule has 5 aromatic rings. The maximum atomic E-state index is 13.6. The Hall–Kier alpha value is -6.43. The number of carbonyl (C=O) groups is 2. The van der Waals surface area contributed by atoms with Gasteiger partial charge in [0.1, 0.15) is 12.6 Å². The molecule has 0 saturated heterocycles. The minimum atomic E-state index is -4.74. The first kappa shape index (κ1) is 39.8. The molecule has 2 atom stereocenters. The van der Waals surface area contributed by atoms with Gasteiger partial charge in [-0.15, -0.1) is 5.01 Å². The van der Waals surface area contributed by atoms with Crippen LogP contribution in [-0.4, -0.2) is 66.2 Å². The van der Waals surface area contributed by atoms with Crippen LogP contribution in [0.1, 0.15) is 34.1 Å². The molecule has 4 aromatic carbocycles. The average molecular weight is 781 g/mol. The van der Waals surface area contributed by atoms with Gasteiger partial charge in [-0.1, -0.05) is 78.4 Å². The van der Waals surface area contributed by atoms with Crippen LogP contribution in [0.2, 0.25) is 0 Å². The second-order valence-corrected chi connectivity index (χ2v) is 13.8. The van der Waals surface area contributed by atoms with Gasteiger partial charge in [-0.05, 0) is 55.0 Å². The number of nitrogens with one attached hydrogen (secondary N) is 1. The van der Waals surface area contributed by atoms with Crippen molar-refractivity contribution in [2.24, 2.45) is 5.28 Å². The Labute approximate surface area is 313 Å². The van der Waals surface area contributed by atoms with Crippen molar-refractivity contribution in [2.75, 3.05) is 13.7 Å². The summed E-state index contributed by atoms with van der Waals surface area (Å²) < 4.78 is 80.3. The molecule has 5 rings (SSSR count). The predicted molar refractivity (Wildman–Crippen MR) is 191 cm³/mol. The molecule has 0 fully saturated rings. The Balaban J connectivity index is 1.25. The molecule has 0 spiro atoms. The quantitative estimate of drug-likeness (QED) is 0.0415. The van der Waals surface area contributed by atoms with Gasteiger partial charge < -0.3 is 14.7 Å². The molecule has 0 aliphatic carbocycles. The Morgan fingerprint density at radius 2 is 1.58 bits per heavy atom. The first-order valence-corrected chi connectivity index (χ1v) is 18.0. The summed E-state index contributed by atoms with van der Waals surface area (Å²) in [5.41, 5.74) is 1.45. The third-order valence-corrected chi connectivity index (χ3v) is 9.35. The van der Waals surface area contributed by atoms with Gasteiger partial charge in [-0.3, -0.25) is 4.84 Å². The molecule has 1 N–H and O–H groups in total. The fourth-order valence-electron chi connectivity index (χ4n) is 5.09. The number of aromatic nitrogens is 2. The highest BCUT2D eigenvalue weighted by Crippen LogP contribution is 2.33. The van der Waals surface area contributed by atoms with Crippen LogP contribution in [0.4, 0.5) is 18.0 Å². The minimum absolute atomic E-state index is 0.0571. The lowest BCUT2D eigenvalue weighted by Gasteiger charge is -2.24. The highest BCUT2D eigenvalue weighted by molar-refractivity contribution is 7.90. The van der Waals surface area contributed by atoms with Crippen molar-refractivity contribution >= 4 is 22.1 Å². The molecule has 55 heavy (non-hydrogen) atoms. The van der Waals surface area contributed by atoms with Crippen molar-refractivity contribution in [3.05, 3.63) is 143 Å². The largest absolute Gasteiger partial charge is 0.569 e. The molecular weight excluding hydrogens is 746 g/mol. The van der Waals surface area contributed by atoms with E-state index in [9.17, 15) is 36.4 Å². The van der Waals surface area contributed by atoms with Gasteiger partial charge in [-0.25, -0.2) is 27.4 Å². The second-order valence-electron chi connectivity index (χ2n) is 12.1. The number of sulfonamides is 1. The Morgan fingerprint density at radius 3 is 2.20 bits per heavy atom. The number of amides is 1. The van der Waals surface area contributed by atoms with Gasteiger partial charge in [0.05, 0.1) is 33.9 Å². The van der Waals surface area contributed by atoms with Gasteiger partial charge in [0.2, 0.25) is 5.28 Å². The number of hydrogen-bond acceptors (Lipinski definition) is 10. The molecule has 0 aliphatic heterocycles. The SMILES string of the molecule is Cc1ccc(-c2cc(C(F)(F)F)nn2-c2ccc(S(=O)(=O)NC(=O)OC[C@H](Cc3ccccc3)N(C)/[N+]([O-])=N/OC(C)OC(=O)c3ccccc3)cc2)cc1. The first-order chi connectivity index (χ1) is 26.1. The molecule has 18 heteroatoms. The summed E-state index contributed by atoms with van der Waals surface area (Å²) in [6, 6.07) is 28.3. The van der Waals surface area contributed by atoms with E-state index in [-0.39, 0.29) is 28.3 Å². The van der Waals surface area contributed by atoms with Crippen LogP contribution in [-0.2, 0) is 36.9 Å². The number of aryl methyl sites for hydroxylation is 1. The summed E-state index contributed by atoms with van der Waals surface area (Å²) >= 11 is 0. The standard InChI is InChI=1S/C37H35F3N6O8S/c1-25-14-16-28(17-15-25)33-23-34(37(38,39)40)41-45(33)30-18-20-32(21-19-30)55(50,51)42-36(48)52-24-31(22-27-10-6-4-7-11-27)44(3)46(49)43-54-26(2)53-35(47)29-12-8-5-9-13-29/h4-21,23,26,31H,22,24H2,1-3H3,(H,42,48)/b46-43-/t26?,31-/m0/s1. The lowest BCUT2D eigenvalue weighted by atomic mass is 10.1. The van der Waals surface area contributed by atoms with E-state index < -0.39 is 57.8 Å². The summed E-state index contributed by atoms with van der Waals surface area (Å²) in [5, 5.41) is 21.1. The Bertz CT molecular complexity index is 2220. The molecule has 288 valence electrons. The Kier molecular flexibility index (Phi) is 12.4. The van der Waals surface area contributed by atoms with E-state index in [0.717, 1.165) is 39.0 Å². The third kappa shape index (κ3) is 10.6. The summed E-state index contributed by atoms with van der Waals surface area (Å²) in [7, 11) is -3.21. The van der Waals surface area contributed by atoms with Crippen molar-refractivity contribution in [3.8, 4) is 16.9 Å². The number of hydrazine groups is 1. The third-order valence-electron chi connectivity index (χ3n) is 8.02. The smallest absolute Gasteiger partial charge is 0.435 e. The Morgan fingerprint density at radius 1 is 0.964 bits per heavy atom. The van der Waals surface area contributed by atoms with Crippen LogP contribution in [0, 0.1) is 12.1 Å². The molecule has 0 radical (unpaired) electrons.